The number of aryl methyl sites for hydroxylation is 1. The first kappa shape index (κ1) is 29.3. The molecule has 1 rings (SSSR count). The highest BCUT2D eigenvalue weighted by atomic mass is 16.6. The standard InChI is InChI=1S/C25H36N4O6/c1-7-9-14-27-22(32)21(17-10-12-19(30)16(3)15-17)29(8-2)23(33)18(11-13-20(26)31)28-24(34)35-25(4,5)6/h2,10,12,15,18,21,30H,7,9,11,13-14H2,1,3-6H3,(H2,26,31)(H,27,32)(H,28,34). The topological polar surface area (TPSA) is 151 Å². The first-order valence-corrected chi connectivity index (χ1v) is 11.4. The molecule has 192 valence electrons. The summed E-state index contributed by atoms with van der Waals surface area (Å²) in [6.07, 6.45) is 6.01. The van der Waals surface area contributed by atoms with E-state index in [4.69, 9.17) is 16.9 Å². The summed E-state index contributed by atoms with van der Waals surface area (Å²) < 4.78 is 5.23. The Morgan fingerprint density at radius 1 is 1.26 bits per heavy atom. The Labute approximate surface area is 206 Å². The maximum Gasteiger partial charge on any atom is 0.408 e. The minimum atomic E-state index is -1.28. The number of nitrogens with two attached hydrogens (primary N) is 1. The molecule has 0 spiro atoms. The molecule has 0 aromatic heterocycles. The minimum absolute atomic E-state index is 0.0170. The lowest BCUT2D eigenvalue weighted by atomic mass is 10.00. The van der Waals surface area contributed by atoms with Crippen molar-refractivity contribution in [1.29, 1.82) is 0 Å². The summed E-state index contributed by atoms with van der Waals surface area (Å²) in [5.74, 6) is -1.98. The van der Waals surface area contributed by atoms with Crippen molar-refractivity contribution in [2.75, 3.05) is 6.54 Å². The van der Waals surface area contributed by atoms with Crippen LogP contribution in [0.4, 0.5) is 4.79 Å². The molecule has 0 bridgehead atoms. The van der Waals surface area contributed by atoms with Gasteiger partial charge in [-0.3, -0.25) is 19.3 Å². The Kier molecular flexibility index (Phi) is 11.1. The molecular weight excluding hydrogens is 452 g/mol. The van der Waals surface area contributed by atoms with E-state index >= 15 is 0 Å². The summed E-state index contributed by atoms with van der Waals surface area (Å²) >= 11 is 0. The number of alkyl carbamates (subject to hydrolysis) is 1. The Bertz CT molecular complexity index is 964. The molecule has 0 fully saturated rings. The van der Waals surface area contributed by atoms with Gasteiger partial charge in [0, 0.05) is 19.0 Å². The number of nitrogens with one attached hydrogen (secondary N) is 2. The lowest BCUT2D eigenvalue weighted by molar-refractivity contribution is -0.138. The number of unbranched alkanes of at least 4 members (excludes halogenated alkanes) is 1. The quantitative estimate of drug-likeness (QED) is 0.213. The highest BCUT2D eigenvalue weighted by molar-refractivity contribution is 5.93. The van der Waals surface area contributed by atoms with Crippen LogP contribution < -0.4 is 16.4 Å². The van der Waals surface area contributed by atoms with Crippen LogP contribution in [0.3, 0.4) is 0 Å². The summed E-state index contributed by atoms with van der Waals surface area (Å²) in [7, 11) is 0. The van der Waals surface area contributed by atoms with Gasteiger partial charge >= 0.3 is 6.09 Å². The van der Waals surface area contributed by atoms with Gasteiger partial charge in [0.15, 0.2) is 0 Å². The van der Waals surface area contributed by atoms with Crippen LogP contribution in [-0.2, 0) is 19.1 Å². The number of nitrogens with zero attached hydrogens (tertiary/aromatic N) is 1. The van der Waals surface area contributed by atoms with Crippen molar-refractivity contribution in [2.45, 2.75) is 78.0 Å². The number of primary amides is 1. The zero-order valence-corrected chi connectivity index (χ0v) is 21.0. The molecule has 1 aromatic rings. The number of rotatable bonds is 11. The lowest BCUT2D eigenvalue weighted by Crippen LogP contribution is -2.51. The number of carbonyl (C=O) groups is 4. The molecule has 10 nitrogen and oxygen atoms in total. The third kappa shape index (κ3) is 9.57. The number of benzene rings is 1. The van der Waals surface area contributed by atoms with Crippen LogP contribution >= 0.6 is 0 Å². The molecule has 1 aromatic carbocycles. The molecule has 10 heteroatoms. The van der Waals surface area contributed by atoms with Crippen LogP contribution in [0.5, 0.6) is 5.75 Å². The maximum atomic E-state index is 13.5. The van der Waals surface area contributed by atoms with Gasteiger partial charge in [0.2, 0.25) is 11.8 Å². The Hall–Kier alpha value is -3.74. The number of phenolic OH excluding ortho intramolecular Hbond substituents is 1. The minimum Gasteiger partial charge on any atom is -0.508 e. The van der Waals surface area contributed by atoms with Crippen molar-refractivity contribution < 1.29 is 29.0 Å². The zero-order valence-electron chi connectivity index (χ0n) is 21.0. The van der Waals surface area contributed by atoms with E-state index in [1.54, 1.807) is 33.8 Å². The van der Waals surface area contributed by atoms with Crippen LogP contribution in [0, 0.1) is 19.4 Å². The van der Waals surface area contributed by atoms with E-state index in [-0.39, 0.29) is 18.6 Å². The highest BCUT2D eigenvalue weighted by Crippen LogP contribution is 2.27. The third-order valence-corrected chi connectivity index (χ3v) is 4.92. The SMILES string of the molecule is C#CN(C(=O)C(CCC(N)=O)NC(=O)OC(C)(C)C)C(C(=O)NCCCC)c1ccc(O)c(C)c1. The number of aromatic hydroxyl groups is 1. The summed E-state index contributed by atoms with van der Waals surface area (Å²) in [4.78, 5) is 51.3. The summed E-state index contributed by atoms with van der Waals surface area (Å²) in [5.41, 5.74) is 5.26. The van der Waals surface area contributed by atoms with E-state index in [2.05, 4.69) is 16.7 Å². The molecule has 5 N–H and O–H groups in total. The Morgan fingerprint density at radius 2 is 1.91 bits per heavy atom. The van der Waals surface area contributed by atoms with Crippen LogP contribution in [0.1, 0.15) is 70.5 Å². The average molecular weight is 489 g/mol. The van der Waals surface area contributed by atoms with Crippen LogP contribution in [0.15, 0.2) is 18.2 Å². The third-order valence-electron chi connectivity index (χ3n) is 4.92. The van der Waals surface area contributed by atoms with Crippen molar-refractivity contribution >= 4 is 23.8 Å². The number of ether oxygens (including phenoxy) is 1. The Balaban J connectivity index is 3.38. The first-order chi connectivity index (χ1) is 16.3. The van der Waals surface area contributed by atoms with Gasteiger partial charge in [-0.2, -0.15) is 0 Å². The molecule has 4 amide bonds. The van der Waals surface area contributed by atoms with E-state index in [9.17, 15) is 24.3 Å². The summed E-state index contributed by atoms with van der Waals surface area (Å²) in [6.45, 7) is 8.96. The van der Waals surface area contributed by atoms with Gasteiger partial charge in [-0.15, -0.1) is 0 Å². The molecule has 0 radical (unpaired) electrons. The molecule has 2 unspecified atom stereocenters. The van der Waals surface area contributed by atoms with Crippen molar-refractivity contribution in [2.24, 2.45) is 5.73 Å². The van der Waals surface area contributed by atoms with Gasteiger partial charge < -0.3 is 26.2 Å². The lowest BCUT2D eigenvalue weighted by Gasteiger charge is -2.30. The fourth-order valence-electron chi connectivity index (χ4n) is 3.18. The normalized spacial score (nSPS) is 12.6. The van der Waals surface area contributed by atoms with Gasteiger partial charge in [0.1, 0.15) is 23.4 Å². The van der Waals surface area contributed by atoms with E-state index in [1.807, 2.05) is 6.92 Å². The monoisotopic (exact) mass is 488 g/mol. The average Bonchev–Trinajstić information content (AvgIpc) is 2.75. The van der Waals surface area contributed by atoms with Crippen LogP contribution in [0.25, 0.3) is 0 Å². The fraction of sp³-hybridized carbons (Fsp3) is 0.520. The van der Waals surface area contributed by atoms with Gasteiger partial charge in [-0.05, 0) is 63.8 Å². The van der Waals surface area contributed by atoms with Gasteiger partial charge in [-0.25, -0.2) is 4.79 Å². The molecule has 0 heterocycles. The van der Waals surface area contributed by atoms with Crippen LogP contribution in [0.2, 0.25) is 0 Å². The predicted molar refractivity (Wildman–Crippen MR) is 131 cm³/mol. The number of amides is 4. The van der Waals surface area contributed by atoms with Gasteiger partial charge in [-0.1, -0.05) is 25.8 Å². The van der Waals surface area contributed by atoms with E-state index in [0.717, 1.165) is 17.7 Å². The predicted octanol–water partition coefficient (Wildman–Crippen LogP) is 2.24. The molecular formula is C25H36N4O6. The van der Waals surface area contributed by atoms with Gasteiger partial charge in [0.05, 0.1) is 0 Å². The number of hydrogen-bond donors (Lipinski definition) is 4. The van der Waals surface area contributed by atoms with Crippen LogP contribution in [-0.4, -0.2) is 52.0 Å². The van der Waals surface area contributed by atoms with Crippen molar-refractivity contribution in [1.82, 2.24) is 15.5 Å². The largest absolute Gasteiger partial charge is 0.508 e. The maximum absolute atomic E-state index is 13.5. The second kappa shape index (κ2) is 13.2. The smallest absolute Gasteiger partial charge is 0.408 e. The van der Waals surface area contributed by atoms with Gasteiger partial charge in [0.25, 0.3) is 5.91 Å². The molecule has 0 aliphatic heterocycles. The second-order valence-corrected chi connectivity index (χ2v) is 9.13. The molecule has 35 heavy (non-hydrogen) atoms. The number of terminal acetylenes is 1. The first-order valence-electron chi connectivity index (χ1n) is 11.4. The summed E-state index contributed by atoms with van der Waals surface area (Å²) in [5, 5.41) is 15.1. The molecule has 2 atom stereocenters. The highest BCUT2D eigenvalue weighted by Gasteiger charge is 2.36. The number of phenols is 1. The molecule has 0 aliphatic carbocycles. The molecule has 0 saturated heterocycles. The Morgan fingerprint density at radius 3 is 2.43 bits per heavy atom. The summed E-state index contributed by atoms with van der Waals surface area (Å²) in [6, 6.07) is 4.16. The zero-order chi connectivity index (χ0) is 26.8. The van der Waals surface area contributed by atoms with Crippen molar-refractivity contribution in [3.63, 3.8) is 0 Å². The van der Waals surface area contributed by atoms with E-state index in [0.29, 0.717) is 17.7 Å². The van der Waals surface area contributed by atoms with Crippen molar-refractivity contribution in [3.05, 3.63) is 29.3 Å². The number of hydrogen-bond acceptors (Lipinski definition) is 6. The number of carbonyl (C=O) groups excluding carboxylic acids is 4. The van der Waals surface area contributed by atoms with Crippen molar-refractivity contribution in [3.8, 4) is 18.2 Å². The molecule has 0 aliphatic rings. The fourth-order valence-corrected chi connectivity index (χ4v) is 3.18. The molecule has 0 saturated carbocycles. The van der Waals surface area contributed by atoms with E-state index < -0.39 is 41.5 Å². The van der Waals surface area contributed by atoms with E-state index in [1.165, 1.54) is 12.1 Å². The second-order valence-electron chi connectivity index (χ2n) is 9.13.